The summed E-state index contributed by atoms with van der Waals surface area (Å²) in [7, 11) is 0. The van der Waals surface area contributed by atoms with Crippen LogP contribution in [0.2, 0.25) is 0 Å². The molecule has 1 N–H and O–H groups in total. The van der Waals surface area contributed by atoms with Crippen molar-refractivity contribution in [1.29, 1.82) is 0 Å². The van der Waals surface area contributed by atoms with E-state index < -0.39 is 5.41 Å². The fraction of sp³-hybridized carbons (Fsp3) is 0.0164. The molecule has 0 atom stereocenters. The molecule has 133 heavy (non-hydrogen) atoms. The van der Waals surface area contributed by atoms with Crippen LogP contribution < -0.4 is 0 Å². The Morgan fingerprint density at radius 2 is 0.444 bits per heavy atom. The number of aromatic amines is 1. The predicted molar refractivity (Wildman–Crippen MR) is 536 cm³/mol. The average Bonchev–Trinajstić information content (AvgIpc) is 1.54. The summed E-state index contributed by atoms with van der Waals surface area (Å²) in [5.74, 6) is 0. The Morgan fingerprint density at radius 3 is 0.850 bits per heavy atom. The second kappa shape index (κ2) is 38.3. The monoisotopic (exact) mass is 1990 g/mol. The predicted octanol–water partition coefficient (Wildman–Crippen LogP) is 32.1. The number of halogens is 1. The Hall–Kier alpha value is -12.4. The van der Waals surface area contributed by atoms with Crippen LogP contribution in [0.15, 0.2) is 490 Å². The van der Waals surface area contributed by atoms with Crippen molar-refractivity contribution in [3.63, 3.8) is 0 Å². The molecule has 0 bridgehead atoms. The Morgan fingerprint density at radius 1 is 0.173 bits per heavy atom. The van der Waals surface area contributed by atoms with Gasteiger partial charge in [-0.1, -0.05) is 380 Å². The van der Waals surface area contributed by atoms with Crippen LogP contribution in [-0.4, -0.2) is 18.7 Å². The van der Waals surface area contributed by atoms with E-state index >= 15 is 0 Å². The van der Waals surface area contributed by atoms with E-state index in [1.807, 2.05) is 0 Å². The second-order valence-corrected chi connectivity index (χ2v) is 34.4. The Balaban J connectivity index is 0.000000144. The van der Waals surface area contributed by atoms with Gasteiger partial charge in [0.25, 0.3) is 0 Å². The molecule has 626 valence electrons. The number of H-pyrrole nitrogens is 1. The fourth-order valence-corrected chi connectivity index (χ4v) is 21.6. The zero-order chi connectivity index (χ0) is 84.1. The first-order valence-electron chi connectivity index (χ1n) is 43.7. The maximum absolute atomic E-state index is 3.67. The van der Waals surface area contributed by atoms with E-state index in [0.717, 1.165) is 21.4 Å². The number of benzene rings is 20. The van der Waals surface area contributed by atoms with E-state index in [9.17, 15) is 0 Å². The van der Waals surface area contributed by atoms with Crippen molar-refractivity contribution in [3.8, 4) is 83.8 Å². The van der Waals surface area contributed by atoms with Gasteiger partial charge in [-0.2, -0.15) is 0 Å². The van der Waals surface area contributed by atoms with Gasteiger partial charge in [-0.3, -0.25) is 0 Å². The van der Waals surface area contributed by atoms with Crippen molar-refractivity contribution in [2.75, 3.05) is 0 Å². The van der Waals surface area contributed by atoms with E-state index in [4.69, 9.17) is 0 Å². The summed E-state index contributed by atoms with van der Waals surface area (Å²) in [6.07, 6.45) is 0. The maximum Gasteiger partial charge on any atom is 0.0713 e. The summed E-state index contributed by atoms with van der Waals surface area (Å²) in [5.41, 5.74) is 37.7. The molecule has 2 aliphatic rings. The minimum Gasteiger partial charge on any atom is -0.355 e. The number of aromatic nitrogens is 4. The van der Waals surface area contributed by atoms with Crippen molar-refractivity contribution in [2.24, 2.45) is 0 Å². The van der Waals surface area contributed by atoms with E-state index in [1.54, 1.807) is 0 Å². The number of fused-ring (bicyclic) bond motifs is 18. The summed E-state index contributed by atoms with van der Waals surface area (Å²) in [4.78, 5) is 3.57. The molecule has 4 heterocycles. The Bertz CT molecular complexity index is 8120. The van der Waals surface area contributed by atoms with Gasteiger partial charge in [0, 0.05) is 187 Å². The number of para-hydroxylation sites is 2. The third kappa shape index (κ3) is 15.4. The number of hydrogen-bond acceptors (Lipinski definition) is 0. The van der Waals surface area contributed by atoms with Gasteiger partial charge in [-0.25, -0.2) is 0 Å². The topological polar surface area (TPSA) is 30.6 Å². The van der Waals surface area contributed by atoms with Gasteiger partial charge in [0.15, 0.2) is 0 Å². The Kier molecular flexibility index (Phi) is 26.2. The molecule has 0 unspecified atom stereocenters. The summed E-state index contributed by atoms with van der Waals surface area (Å²) < 4.78 is 8.45. The molecule has 0 aliphatic heterocycles. The van der Waals surface area contributed by atoms with Crippen LogP contribution in [0.4, 0.5) is 0 Å². The SMILES string of the molecule is Brc1ccc2c(c1)-c1ccccc1C2(c1ccccc1)c1ccccc1.[V].[V].[V].[V].[V].[V].c1ccc(-c2ccc3c(c2)c2cc(-c4ccccc4)ccc2n3-c2ccc3[nH]c4ccccc4c3c2)cc1.c1ccc(-c2ccc3c(c2)c2cc(-c4ccccc4)ccc2n3-c2ccc3c(c2)c2ccccc2n3-c2ccc3c(c2)-c2ccccc2C3(c2ccccc2)c2ccccc2)cc1. The number of nitrogens with zero attached hydrogens (tertiary/aromatic N) is 3. The standard InChI is InChI=1S/C61H40N2.C36H24N2.C25H17Br.6V/c1-5-17-41(18-6-1)43-29-34-58-52(37-43)53-38-44(42-19-7-2-8-20-42)30-35-59(53)63(58)48-32-36-60-54(40-48)50-26-14-16-28-57(50)62(60)47-31-33-56-51(39-47)49-25-13-15-27-55(49)61(56,45-21-9-3-10-22-45)46-23-11-4-12-24-46;1-3-9-24(10-4-1)26-15-19-35-31(21-26)32-22-27(25-11-5-2-6-12-25)16-20-36(32)38(35)28-17-18-34-30(23-28)29-13-7-8-14-33(29)37-34;26-20-15-16-24-22(17-20)21-13-7-8-14-23(21)25(24,18-9-3-1-4-10-18)19-11-5-2-6-12-19;;;;;;/h1-40H;1-23,37H;1-17H;;;;;;. The van der Waals surface area contributed by atoms with Gasteiger partial charge in [0.1, 0.15) is 0 Å². The minimum atomic E-state index is -0.436. The first-order valence-corrected chi connectivity index (χ1v) is 44.5. The first-order chi connectivity index (χ1) is 62.9. The smallest absolute Gasteiger partial charge is 0.0713 e. The zero-order valence-corrected chi connectivity index (χ0v) is 82.1. The number of rotatable bonds is 11. The van der Waals surface area contributed by atoms with Crippen LogP contribution >= 0.6 is 15.9 Å². The van der Waals surface area contributed by atoms with Crippen molar-refractivity contribution in [3.05, 3.63) is 534 Å². The molecule has 2 aliphatic carbocycles. The molecular formula is C122H81BrN4V6. The van der Waals surface area contributed by atoms with E-state index in [1.165, 1.54) is 199 Å². The number of nitrogens with one attached hydrogen (secondary N) is 1. The van der Waals surface area contributed by atoms with Crippen LogP contribution in [-0.2, 0) is 122 Å². The zero-order valence-electron chi connectivity index (χ0n) is 72.1. The van der Waals surface area contributed by atoms with Crippen LogP contribution in [0.5, 0.6) is 0 Å². The molecule has 0 saturated carbocycles. The van der Waals surface area contributed by atoms with Gasteiger partial charge in [-0.05, 0) is 233 Å². The molecule has 0 spiro atoms. The molecule has 26 rings (SSSR count). The van der Waals surface area contributed by atoms with Gasteiger partial charge < -0.3 is 18.7 Å². The van der Waals surface area contributed by atoms with Crippen LogP contribution in [0.1, 0.15) is 44.5 Å². The molecule has 20 aromatic carbocycles. The molecule has 11 heteroatoms. The summed E-state index contributed by atoms with van der Waals surface area (Å²) in [6.45, 7) is 0. The fourth-order valence-electron chi connectivity index (χ4n) is 21.2. The van der Waals surface area contributed by atoms with E-state index in [0.29, 0.717) is 0 Å². The quantitative estimate of drug-likeness (QED) is 0.134. The van der Waals surface area contributed by atoms with Crippen molar-refractivity contribution in [2.45, 2.75) is 10.8 Å². The summed E-state index contributed by atoms with van der Waals surface area (Å²) in [5, 5.41) is 9.97. The molecule has 24 aromatic rings. The Labute approximate surface area is 853 Å². The normalized spacial score (nSPS) is 12.2. The van der Waals surface area contributed by atoms with Crippen LogP contribution in [0, 0.1) is 0 Å². The molecule has 4 aromatic heterocycles. The molecular weight excluding hydrogens is 1910 g/mol. The van der Waals surface area contributed by atoms with Gasteiger partial charge in [0.05, 0.1) is 43.9 Å². The van der Waals surface area contributed by atoms with Gasteiger partial charge >= 0.3 is 0 Å². The minimum absolute atomic E-state index is 0. The largest absolute Gasteiger partial charge is 0.355 e. The molecule has 0 saturated heterocycles. The summed E-state index contributed by atoms with van der Waals surface area (Å²) >= 11 is 3.67. The van der Waals surface area contributed by atoms with Crippen molar-refractivity contribution < 1.29 is 111 Å². The van der Waals surface area contributed by atoms with Crippen LogP contribution in [0.25, 0.3) is 171 Å². The van der Waals surface area contributed by atoms with E-state index in [-0.39, 0.29) is 117 Å². The van der Waals surface area contributed by atoms with Crippen LogP contribution in [0.3, 0.4) is 0 Å². The second-order valence-electron chi connectivity index (χ2n) is 33.5. The number of hydrogen-bond donors (Lipinski definition) is 1. The molecule has 4 nitrogen and oxygen atoms in total. The van der Waals surface area contributed by atoms with E-state index in [2.05, 4.69) is 520 Å². The van der Waals surface area contributed by atoms with Crippen molar-refractivity contribution in [1.82, 2.24) is 18.7 Å². The molecule has 0 amide bonds. The molecule has 6 radical (unpaired) electrons. The van der Waals surface area contributed by atoms with Gasteiger partial charge in [-0.15, -0.1) is 0 Å². The van der Waals surface area contributed by atoms with Gasteiger partial charge in [0.2, 0.25) is 0 Å². The van der Waals surface area contributed by atoms with Crippen molar-refractivity contribution >= 4 is 103 Å². The maximum atomic E-state index is 3.67. The third-order valence-electron chi connectivity index (χ3n) is 26.7. The average molecular weight is 1990 g/mol. The first kappa shape index (κ1) is 91.1. The molecule has 0 fully saturated rings. The summed E-state index contributed by atoms with van der Waals surface area (Å²) in [6, 6.07) is 177. The third-order valence-corrected chi connectivity index (χ3v) is 27.2.